The van der Waals surface area contributed by atoms with E-state index in [2.05, 4.69) is 5.32 Å². The van der Waals surface area contributed by atoms with Crippen LogP contribution in [0.15, 0.2) is 29.2 Å². The van der Waals surface area contributed by atoms with Gasteiger partial charge in [-0.1, -0.05) is 6.92 Å². The molecule has 0 aromatic heterocycles. The molecule has 1 aromatic rings. The summed E-state index contributed by atoms with van der Waals surface area (Å²) in [5, 5.41) is 2.86. The molecule has 0 spiro atoms. The molecule has 0 aliphatic heterocycles. The highest BCUT2D eigenvalue weighted by molar-refractivity contribution is 7.98. The lowest BCUT2D eigenvalue weighted by Gasteiger charge is -2.10. The normalized spacial score (nSPS) is 11.5. The maximum absolute atomic E-state index is 11.7. The van der Waals surface area contributed by atoms with Gasteiger partial charge < -0.3 is 11.1 Å². The number of nitrogens with one attached hydrogen (secondary N) is 1. The molecule has 96 valence electrons. The lowest BCUT2D eigenvalue weighted by atomic mass is 10.1. The van der Waals surface area contributed by atoms with Crippen molar-refractivity contribution >= 4 is 30.1 Å². The number of rotatable bonds is 5. The molecule has 0 fully saturated rings. The van der Waals surface area contributed by atoms with Crippen LogP contribution >= 0.6 is 24.2 Å². The van der Waals surface area contributed by atoms with Crippen molar-refractivity contribution in [2.24, 2.45) is 11.7 Å². The van der Waals surface area contributed by atoms with Crippen molar-refractivity contribution in [1.29, 1.82) is 0 Å². The van der Waals surface area contributed by atoms with Crippen molar-refractivity contribution in [3.05, 3.63) is 29.8 Å². The smallest absolute Gasteiger partial charge is 0.251 e. The van der Waals surface area contributed by atoms with E-state index in [1.165, 1.54) is 0 Å². The second kappa shape index (κ2) is 8.39. The van der Waals surface area contributed by atoms with Crippen LogP contribution in [0.3, 0.4) is 0 Å². The first-order valence-corrected chi connectivity index (χ1v) is 6.52. The predicted octanol–water partition coefficient (Wildman–Crippen LogP) is 2.15. The fraction of sp³-hybridized carbons (Fsp3) is 0.417. The third kappa shape index (κ3) is 5.44. The number of nitrogens with two attached hydrogens (primary N) is 1. The summed E-state index contributed by atoms with van der Waals surface area (Å²) in [5.41, 5.74) is 6.18. The molecule has 1 rings (SSSR count). The molecule has 1 aromatic carbocycles. The summed E-state index contributed by atoms with van der Waals surface area (Å²) in [4.78, 5) is 12.9. The van der Waals surface area contributed by atoms with Crippen molar-refractivity contribution in [2.75, 3.05) is 19.3 Å². The van der Waals surface area contributed by atoms with Crippen LogP contribution < -0.4 is 11.1 Å². The van der Waals surface area contributed by atoms with Crippen LogP contribution in [0.5, 0.6) is 0 Å². The van der Waals surface area contributed by atoms with Crippen LogP contribution in [0.25, 0.3) is 0 Å². The summed E-state index contributed by atoms with van der Waals surface area (Å²) in [5.74, 6) is 0.280. The highest BCUT2D eigenvalue weighted by atomic mass is 35.5. The number of carbonyl (C=O) groups excluding carboxylic acids is 1. The molecule has 3 nitrogen and oxygen atoms in total. The molecule has 0 aliphatic carbocycles. The second-order valence-corrected chi connectivity index (χ2v) is 4.66. The maximum atomic E-state index is 11.7. The molecule has 1 amide bonds. The van der Waals surface area contributed by atoms with Crippen molar-refractivity contribution in [3.8, 4) is 0 Å². The minimum Gasteiger partial charge on any atom is -0.352 e. The molecule has 3 N–H and O–H groups in total. The number of halogens is 1. The Labute approximate surface area is 113 Å². The highest BCUT2D eigenvalue weighted by Crippen LogP contribution is 2.14. The van der Waals surface area contributed by atoms with E-state index >= 15 is 0 Å². The van der Waals surface area contributed by atoms with Gasteiger partial charge in [-0.3, -0.25) is 4.79 Å². The van der Waals surface area contributed by atoms with Gasteiger partial charge in [0, 0.05) is 17.0 Å². The Bertz CT molecular complexity index is 343. The van der Waals surface area contributed by atoms with Crippen LogP contribution in [0, 0.1) is 5.92 Å². The average Bonchev–Trinajstić information content (AvgIpc) is 2.35. The third-order valence-corrected chi connectivity index (χ3v) is 3.11. The lowest BCUT2D eigenvalue weighted by molar-refractivity contribution is 0.0948. The van der Waals surface area contributed by atoms with Gasteiger partial charge in [0.2, 0.25) is 0 Å². The van der Waals surface area contributed by atoms with E-state index < -0.39 is 0 Å². The summed E-state index contributed by atoms with van der Waals surface area (Å²) in [6.07, 6.45) is 2.01. The van der Waals surface area contributed by atoms with E-state index in [0.29, 0.717) is 24.6 Å². The molecule has 0 heterocycles. The first-order valence-electron chi connectivity index (χ1n) is 5.29. The molecule has 0 aliphatic rings. The largest absolute Gasteiger partial charge is 0.352 e. The molecule has 1 unspecified atom stereocenters. The van der Waals surface area contributed by atoms with E-state index in [-0.39, 0.29) is 18.3 Å². The number of hydrogen-bond donors (Lipinski definition) is 2. The number of carbonyl (C=O) groups is 1. The van der Waals surface area contributed by atoms with E-state index in [9.17, 15) is 4.79 Å². The van der Waals surface area contributed by atoms with Gasteiger partial charge in [0.05, 0.1) is 0 Å². The molecule has 0 radical (unpaired) electrons. The van der Waals surface area contributed by atoms with E-state index in [1.54, 1.807) is 11.8 Å². The number of hydrogen-bond acceptors (Lipinski definition) is 3. The van der Waals surface area contributed by atoms with Gasteiger partial charge in [-0.25, -0.2) is 0 Å². The van der Waals surface area contributed by atoms with Crippen LogP contribution in [0.2, 0.25) is 0 Å². The quantitative estimate of drug-likeness (QED) is 0.809. The van der Waals surface area contributed by atoms with E-state index in [4.69, 9.17) is 5.73 Å². The summed E-state index contributed by atoms with van der Waals surface area (Å²) in [6, 6.07) is 7.58. The van der Waals surface area contributed by atoms with Gasteiger partial charge in [-0.05, 0) is 43.0 Å². The Kier molecular flexibility index (Phi) is 8.04. The van der Waals surface area contributed by atoms with Gasteiger partial charge in [0.25, 0.3) is 5.91 Å². The van der Waals surface area contributed by atoms with Gasteiger partial charge in [0.15, 0.2) is 0 Å². The van der Waals surface area contributed by atoms with Crippen LogP contribution in [0.4, 0.5) is 0 Å². The Morgan fingerprint density at radius 1 is 1.41 bits per heavy atom. The summed E-state index contributed by atoms with van der Waals surface area (Å²) in [6.45, 7) is 3.22. The zero-order valence-corrected chi connectivity index (χ0v) is 11.7. The Morgan fingerprint density at radius 2 is 2.00 bits per heavy atom. The molecule has 0 saturated heterocycles. The lowest BCUT2D eigenvalue weighted by Crippen LogP contribution is -2.31. The Hall–Kier alpha value is -0.710. The van der Waals surface area contributed by atoms with Gasteiger partial charge in [-0.15, -0.1) is 24.2 Å². The SMILES string of the molecule is CSc1ccc(C(=O)NCC(C)CN)cc1.Cl. The van der Waals surface area contributed by atoms with Crippen molar-refractivity contribution in [2.45, 2.75) is 11.8 Å². The van der Waals surface area contributed by atoms with Gasteiger partial charge in [-0.2, -0.15) is 0 Å². The van der Waals surface area contributed by atoms with Crippen molar-refractivity contribution < 1.29 is 4.79 Å². The van der Waals surface area contributed by atoms with Crippen LogP contribution in [-0.4, -0.2) is 25.3 Å². The zero-order valence-electron chi connectivity index (χ0n) is 10.1. The van der Waals surface area contributed by atoms with E-state index in [1.807, 2.05) is 37.4 Å². The highest BCUT2D eigenvalue weighted by Gasteiger charge is 2.06. The van der Waals surface area contributed by atoms with Crippen LogP contribution in [0.1, 0.15) is 17.3 Å². The summed E-state index contributed by atoms with van der Waals surface area (Å²) in [7, 11) is 0. The number of amides is 1. The molecule has 5 heteroatoms. The maximum Gasteiger partial charge on any atom is 0.251 e. The first kappa shape index (κ1) is 16.3. The zero-order chi connectivity index (χ0) is 12.0. The molecule has 0 saturated carbocycles. The number of benzene rings is 1. The van der Waals surface area contributed by atoms with Crippen molar-refractivity contribution in [1.82, 2.24) is 5.32 Å². The summed E-state index contributed by atoms with van der Waals surface area (Å²) < 4.78 is 0. The molecule has 0 bridgehead atoms. The molecular weight excluding hydrogens is 256 g/mol. The first-order chi connectivity index (χ1) is 7.67. The van der Waals surface area contributed by atoms with Crippen molar-refractivity contribution in [3.63, 3.8) is 0 Å². The fourth-order valence-corrected chi connectivity index (χ4v) is 1.60. The Balaban J connectivity index is 0.00000256. The third-order valence-electron chi connectivity index (χ3n) is 2.37. The topological polar surface area (TPSA) is 55.1 Å². The van der Waals surface area contributed by atoms with Gasteiger partial charge >= 0.3 is 0 Å². The number of thioether (sulfide) groups is 1. The van der Waals surface area contributed by atoms with Gasteiger partial charge in [0.1, 0.15) is 0 Å². The summed E-state index contributed by atoms with van der Waals surface area (Å²) >= 11 is 1.66. The minimum absolute atomic E-state index is 0. The van der Waals surface area contributed by atoms with Crippen LogP contribution in [-0.2, 0) is 0 Å². The minimum atomic E-state index is -0.0343. The monoisotopic (exact) mass is 274 g/mol. The standard InChI is InChI=1S/C12H18N2OS.ClH/c1-9(7-13)8-14-12(15)10-3-5-11(16-2)6-4-10;/h3-6,9H,7-8,13H2,1-2H3,(H,14,15);1H. The average molecular weight is 275 g/mol. The predicted molar refractivity (Wildman–Crippen MR) is 76.0 cm³/mol. The van der Waals surface area contributed by atoms with E-state index in [0.717, 1.165) is 4.90 Å². The molecular formula is C12H19ClN2OS. The second-order valence-electron chi connectivity index (χ2n) is 3.78. The fourth-order valence-electron chi connectivity index (χ4n) is 1.19. The Morgan fingerprint density at radius 3 is 2.47 bits per heavy atom. The molecule has 17 heavy (non-hydrogen) atoms. The molecule has 1 atom stereocenters.